The number of nitrogens with zero attached hydrogens (tertiary/aromatic N) is 3. The summed E-state index contributed by atoms with van der Waals surface area (Å²) >= 11 is 1.69. The van der Waals surface area contributed by atoms with Crippen LogP contribution in [0.2, 0.25) is 0 Å². The summed E-state index contributed by atoms with van der Waals surface area (Å²) in [6.45, 7) is 5.27. The van der Waals surface area contributed by atoms with Crippen molar-refractivity contribution in [2.45, 2.75) is 17.2 Å². The Balaban J connectivity index is 1.17. The minimum absolute atomic E-state index is 0.0428. The summed E-state index contributed by atoms with van der Waals surface area (Å²) in [6.07, 6.45) is 2.83. The fraction of sp³-hybridized carbons (Fsp3) is 0.333. The number of hydrogen-bond acceptors (Lipinski definition) is 6. The van der Waals surface area contributed by atoms with Gasteiger partial charge in [-0.1, -0.05) is 30.3 Å². The van der Waals surface area contributed by atoms with Crippen LogP contribution >= 0.6 is 11.8 Å². The molecule has 1 aliphatic rings. The highest BCUT2D eigenvalue weighted by Crippen LogP contribution is 2.22. The van der Waals surface area contributed by atoms with E-state index in [-0.39, 0.29) is 5.91 Å². The molecule has 7 heteroatoms. The van der Waals surface area contributed by atoms with Crippen molar-refractivity contribution >= 4 is 23.4 Å². The first-order valence-electron chi connectivity index (χ1n) is 11.7. The molecule has 1 saturated heterocycles. The summed E-state index contributed by atoms with van der Waals surface area (Å²) < 4.78 is 5.23. The summed E-state index contributed by atoms with van der Waals surface area (Å²) in [5.41, 5.74) is 3.34. The van der Waals surface area contributed by atoms with Crippen molar-refractivity contribution in [3.8, 4) is 5.75 Å². The summed E-state index contributed by atoms with van der Waals surface area (Å²) in [5, 5.41) is 4.07. The van der Waals surface area contributed by atoms with Crippen molar-refractivity contribution < 1.29 is 9.53 Å². The molecule has 34 heavy (non-hydrogen) atoms. The Kier molecular flexibility index (Phi) is 8.96. The van der Waals surface area contributed by atoms with E-state index >= 15 is 0 Å². The summed E-state index contributed by atoms with van der Waals surface area (Å²) in [5.74, 6) is 1.76. The molecule has 1 amide bonds. The number of nitrogens with one attached hydrogen (secondary N) is 1. The molecule has 4 rings (SSSR count). The van der Waals surface area contributed by atoms with Crippen LogP contribution in [0.1, 0.15) is 11.1 Å². The van der Waals surface area contributed by atoms with Gasteiger partial charge in [0.15, 0.2) is 0 Å². The van der Waals surface area contributed by atoms with Crippen molar-refractivity contribution in [3.05, 3.63) is 84.1 Å². The molecule has 0 unspecified atom stereocenters. The average Bonchev–Trinajstić information content (AvgIpc) is 2.88. The molecule has 1 N–H and O–H groups in total. The quantitative estimate of drug-likeness (QED) is 0.443. The Labute approximate surface area is 206 Å². The molecule has 2 heterocycles. The SMILES string of the molecule is COc1ccc(CCN2CCN(CC(=O)Nc3cccc(CSc4ccccn4)c3)CC2)cc1. The molecule has 0 radical (unpaired) electrons. The number of benzene rings is 2. The number of pyridine rings is 1. The highest BCUT2D eigenvalue weighted by atomic mass is 32.2. The van der Waals surface area contributed by atoms with Gasteiger partial charge in [-0.3, -0.25) is 9.69 Å². The lowest BCUT2D eigenvalue weighted by Crippen LogP contribution is -2.49. The highest BCUT2D eigenvalue weighted by Gasteiger charge is 2.19. The molecule has 1 aromatic heterocycles. The molecule has 0 bridgehead atoms. The van der Waals surface area contributed by atoms with Gasteiger partial charge in [0, 0.05) is 50.4 Å². The van der Waals surface area contributed by atoms with Crippen LogP contribution in [0.5, 0.6) is 5.75 Å². The molecule has 0 saturated carbocycles. The fourth-order valence-corrected chi connectivity index (χ4v) is 4.79. The van der Waals surface area contributed by atoms with Crippen molar-refractivity contribution in [2.24, 2.45) is 0 Å². The number of aromatic nitrogens is 1. The molecule has 1 fully saturated rings. The fourth-order valence-electron chi connectivity index (χ4n) is 3.98. The maximum absolute atomic E-state index is 12.6. The van der Waals surface area contributed by atoms with Gasteiger partial charge in [-0.25, -0.2) is 4.98 Å². The van der Waals surface area contributed by atoms with Gasteiger partial charge in [-0.2, -0.15) is 0 Å². The van der Waals surface area contributed by atoms with E-state index in [2.05, 4.69) is 38.3 Å². The first kappa shape index (κ1) is 24.3. The zero-order chi connectivity index (χ0) is 23.6. The Morgan fingerprint density at radius 3 is 2.50 bits per heavy atom. The van der Waals surface area contributed by atoms with Crippen LogP contribution in [0.15, 0.2) is 78.0 Å². The molecule has 2 aromatic carbocycles. The molecule has 6 nitrogen and oxygen atoms in total. The maximum Gasteiger partial charge on any atom is 0.238 e. The zero-order valence-corrected chi connectivity index (χ0v) is 20.5. The van der Waals surface area contributed by atoms with Gasteiger partial charge < -0.3 is 15.0 Å². The number of ether oxygens (including phenoxy) is 1. The molecular formula is C27H32N4O2S. The van der Waals surface area contributed by atoms with E-state index in [9.17, 15) is 4.79 Å². The van der Waals surface area contributed by atoms with E-state index in [1.807, 2.05) is 48.5 Å². The average molecular weight is 477 g/mol. The molecular weight excluding hydrogens is 444 g/mol. The molecule has 178 valence electrons. The van der Waals surface area contributed by atoms with Crippen LogP contribution < -0.4 is 10.1 Å². The van der Waals surface area contributed by atoms with Gasteiger partial charge >= 0.3 is 0 Å². The van der Waals surface area contributed by atoms with Crippen LogP contribution in [0.3, 0.4) is 0 Å². The first-order chi connectivity index (χ1) is 16.7. The van der Waals surface area contributed by atoms with Crippen LogP contribution in [0, 0.1) is 0 Å². The van der Waals surface area contributed by atoms with Crippen LogP contribution in [-0.2, 0) is 17.0 Å². The predicted molar refractivity (Wildman–Crippen MR) is 138 cm³/mol. The van der Waals surface area contributed by atoms with Crippen molar-refractivity contribution in [2.75, 3.05) is 51.7 Å². The maximum atomic E-state index is 12.6. The first-order valence-corrected chi connectivity index (χ1v) is 12.7. The molecule has 0 aliphatic carbocycles. The Hall–Kier alpha value is -2.87. The van der Waals surface area contributed by atoms with Crippen molar-refractivity contribution in [3.63, 3.8) is 0 Å². The van der Waals surface area contributed by atoms with Gasteiger partial charge in [0.1, 0.15) is 5.75 Å². The third-order valence-corrected chi connectivity index (χ3v) is 6.96. The summed E-state index contributed by atoms with van der Waals surface area (Å²) in [7, 11) is 1.69. The standard InChI is InChI=1S/C27H32N4O2S/c1-33-25-10-8-22(9-11-25)12-14-30-15-17-31(18-16-30)20-26(32)29-24-6-4-5-23(19-24)21-34-27-7-2-3-13-28-27/h2-11,13,19H,12,14-18,20-21H2,1H3,(H,29,32). The molecule has 0 spiro atoms. The number of thioether (sulfide) groups is 1. The Morgan fingerprint density at radius 2 is 1.76 bits per heavy atom. The largest absolute Gasteiger partial charge is 0.497 e. The number of rotatable bonds is 10. The van der Waals surface area contributed by atoms with Gasteiger partial charge in [0.25, 0.3) is 0 Å². The molecule has 1 aliphatic heterocycles. The summed E-state index contributed by atoms with van der Waals surface area (Å²) in [6, 6.07) is 22.3. The van der Waals surface area contributed by atoms with E-state index in [1.54, 1.807) is 25.1 Å². The van der Waals surface area contributed by atoms with Gasteiger partial charge in [-0.05, 0) is 53.9 Å². The lowest BCUT2D eigenvalue weighted by molar-refractivity contribution is -0.117. The lowest BCUT2D eigenvalue weighted by atomic mass is 10.1. The molecule has 0 atom stereocenters. The third-order valence-electron chi connectivity index (χ3n) is 5.94. The molecule has 3 aromatic rings. The predicted octanol–water partition coefficient (Wildman–Crippen LogP) is 4.18. The second-order valence-electron chi connectivity index (χ2n) is 8.42. The van der Waals surface area contributed by atoms with Gasteiger partial charge in [0.05, 0.1) is 18.7 Å². The number of piperazine rings is 1. The lowest BCUT2D eigenvalue weighted by Gasteiger charge is -2.34. The van der Waals surface area contributed by atoms with E-state index in [1.165, 1.54) is 11.1 Å². The summed E-state index contributed by atoms with van der Waals surface area (Å²) in [4.78, 5) is 21.7. The number of hydrogen-bond donors (Lipinski definition) is 1. The van der Waals surface area contributed by atoms with Crippen LogP contribution in [0.4, 0.5) is 5.69 Å². The van der Waals surface area contributed by atoms with E-state index in [0.29, 0.717) is 6.54 Å². The smallest absolute Gasteiger partial charge is 0.238 e. The zero-order valence-electron chi connectivity index (χ0n) is 19.7. The van der Waals surface area contributed by atoms with E-state index in [4.69, 9.17) is 4.74 Å². The minimum Gasteiger partial charge on any atom is -0.497 e. The third kappa shape index (κ3) is 7.58. The van der Waals surface area contributed by atoms with Gasteiger partial charge in [0.2, 0.25) is 5.91 Å². The normalized spacial score (nSPS) is 14.6. The Bertz CT molecular complexity index is 1040. The second-order valence-corrected chi connectivity index (χ2v) is 9.42. The van der Waals surface area contributed by atoms with Crippen molar-refractivity contribution in [1.82, 2.24) is 14.8 Å². The Morgan fingerprint density at radius 1 is 0.971 bits per heavy atom. The number of methoxy groups -OCH3 is 1. The number of carbonyl (C=O) groups is 1. The van der Waals surface area contributed by atoms with Crippen LogP contribution in [-0.4, -0.2) is 67.1 Å². The van der Waals surface area contributed by atoms with Crippen LogP contribution in [0.25, 0.3) is 0 Å². The monoisotopic (exact) mass is 476 g/mol. The number of carbonyl (C=O) groups excluding carboxylic acids is 1. The topological polar surface area (TPSA) is 57.7 Å². The van der Waals surface area contributed by atoms with Crippen molar-refractivity contribution in [1.29, 1.82) is 0 Å². The number of anilines is 1. The van der Waals surface area contributed by atoms with Gasteiger partial charge in [-0.15, -0.1) is 11.8 Å². The second kappa shape index (κ2) is 12.6. The highest BCUT2D eigenvalue weighted by molar-refractivity contribution is 7.98. The number of amides is 1. The van der Waals surface area contributed by atoms with E-state index in [0.717, 1.165) is 61.4 Å². The van der Waals surface area contributed by atoms with E-state index < -0.39 is 0 Å². The minimum atomic E-state index is 0.0428.